The molecular formula is C25H27ClN2O4S2. The number of benzene rings is 3. The van der Waals surface area contributed by atoms with Gasteiger partial charge < -0.3 is 10.1 Å². The number of carbonyl (C=O) groups is 1. The Labute approximate surface area is 210 Å². The maximum absolute atomic E-state index is 12.6. The van der Waals surface area contributed by atoms with Crippen molar-refractivity contribution in [2.75, 3.05) is 30.3 Å². The average Bonchev–Trinajstić information content (AvgIpc) is 2.81. The second-order valence-corrected chi connectivity index (χ2v) is 10.9. The van der Waals surface area contributed by atoms with Crippen molar-refractivity contribution in [1.82, 2.24) is 5.32 Å². The molecule has 1 amide bonds. The Morgan fingerprint density at radius 1 is 1.00 bits per heavy atom. The van der Waals surface area contributed by atoms with Crippen LogP contribution < -0.4 is 14.4 Å². The normalized spacial score (nSPS) is 11.1. The molecule has 0 aromatic heterocycles. The van der Waals surface area contributed by atoms with Gasteiger partial charge in [-0.3, -0.25) is 9.10 Å². The Bertz CT molecular complexity index is 1170. The summed E-state index contributed by atoms with van der Waals surface area (Å²) < 4.78 is 32.1. The van der Waals surface area contributed by atoms with Gasteiger partial charge >= 0.3 is 0 Å². The van der Waals surface area contributed by atoms with Crippen molar-refractivity contribution in [2.45, 2.75) is 22.6 Å². The van der Waals surface area contributed by atoms with E-state index in [4.69, 9.17) is 16.3 Å². The highest BCUT2D eigenvalue weighted by atomic mass is 35.5. The van der Waals surface area contributed by atoms with E-state index in [1.165, 1.54) is 22.3 Å². The zero-order chi connectivity index (χ0) is 24.4. The molecular weight excluding hydrogens is 492 g/mol. The smallest absolute Gasteiger partial charge is 0.232 e. The summed E-state index contributed by atoms with van der Waals surface area (Å²) in [4.78, 5) is 14.1. The molecule has 3 aromatic rings. The Hall–Kier alpha value is -2.68. The van der Waals surface area contributed by atoms with Crippen LogP contribution in [-0.2, 0) is 14.8 Å². The summed E-state index contributed by atoms with van der Waals surface area (Å²) in [5.74, 6) is 0.523. The van der Waals surface area contributed by atoms with Gasteiger partial charge in [0.15, 0.2) is 0 Å². The maximum Gasteiger partial charge on any atom is 0.232 e. The summed E-state index contributed by atoms with van der Waals surface area (Å²) in [6, 6.07) is 24.2. The molecule has 0 heterocycles. The Kier molecular flexibility index (Phi) is 9.68. The van der Waals surface area contributed by atoms with Gasteiger partial charge in [0.2, 0.25) is 15.9 Å². The molecule has 0 saturated heterocycles. The molecule has 0 radical (unpaired) electrons. The second-order valence-electron chi connectivity index (χ2n) is 7.47. The maximum atomic E-state index is 12.6. The van der Waals surface area contributed by atoms with Gasteiger partial charge in [-0.2, -0.15) is 0 Å². The van der Waals surface area contributed by atoms with Gasteiger partial charge in [-0.25, -0.2) is 8.42 Å². The number of sulfonamides is 1. The van der Waals surface area contributed by atoms with E-state index < -0.39 is 10.0 Å². The van der Waals surface area contributed by atoms with Crippen molar-refractivity contribution in [3.05, 3.63) is 83.9 Å². The summed E-state index contributed by atoms with van der Waals surface area (Å²) in [7, 11) is -3.53. The molecule has 6 nitrogen and oxygen atoms in total. The summed E-state index contributed by atoms with van der Waals surface area (Å²) in [6.07, 6.45) is 1.79. The van der Waals surface area contributed by atoms with Crippen molar-refractivity contribution < 1.29 is 17.9 Å². The fourth-order valence-electron chi connectivity index (χ4n) is 3.19. The third-order valence-corrected chi connectivity index (χ3v) is 7.28. The second kappa shape index (κ2) is 12.7. The average molecular weight is 519 g/mol. The number of para-hydroxylation sites is 1. The lowest BCUT2D eigenvalue weighted by Gasteiger charge is -2.24. The van der Waals surface area contributed by atoms with Gasteiger partial charge in [-0.15, -0.1) is 0 Å². The molecule has 180 valence electrons. The van der Waals surface area contributed by atoms with Gasteiger partial charge in [-0.05, 0) is 55.0 Å². The highest BCUT2D eigenvalue weighted by Crippen LogP contribution is 2.36. The van der Waals surface area contributed by atoms with Crippen LogP contribution in [-0.4, -0.2) is 40.3 Å². The molecule has 3 rings (SSSR count). The van der Waals surface area contributed by atoms with Crippen LogP contribution in [0.1, 0.15) is 12.8 Å². The number of hydrogen-bond acceptors (Lipinski definition) is 5. The van der Waals surface area contributed by atoms with E-state index in [0.717, 1.165) is 9.79 Å². The van der Waals surface area contributed by atoms with Gasteiger partial charge in [-0.1, -0.05) is 53.7 Å². The molecule has 0 unspecified atom stereocenters. The Morgan fingerprint density at radius 3 is 2.38 bits per heavy atom. The van der Waals surface area contributed by atoms with Gasteiger partial charge in [0.05, 0.1) is 18.5 Å². The van der Waals surface area contributed by atoms with E-state index in [9.17, 15) is 13.2 Å². The van der Waals surface area contributed by atoms with E-state index in [1.54, 1.807) is 30.3 Å². The molecule has 0 fully saturated rings. The molecule has 0 aliphatic heterocycles. The van der Waals surface area contributed by atoms with Crippen LogP contribution in [0.25, 0.3) is 0 Å². The molecule has 0 aliphatic carbocycles. The number of amides is 1. The minimum absolute atomic E-state index is 0.153. The third-order valence-electron chi connectivity index (χ3n) is 4.78. The Balaban J connectivity index is 1.52. The molecule has 34 heavy (non-hydrogen) atoms. The predicted octanol–water partition coefficient (Wildman–Crippen LogP) is 5.23. The van der Waals surface area contributed by atoms with Gasteiger partial charge in [0.25, 0.3) is 0 Å². The van der Waals surface area contributed by atoms with Crippen LogP contribution in [0, 0.1) is 0 Å². The highest BCUT2D eigenvalue weighted by molar-refractivity contribution is 7.99. The van der Waals surface area contributed by atoms with E-state index >= 15 is 0 Å². The quantitative estimate of drug-likeness (QED) is 0.332. The first-order valence-corrected chi connectivity index (χ1v) is 13.8. The highest BCUT2D eigenvalue weighted by Gasteiger charge is 2.20. The standard InChI is InChI=1S/C25H27ClN2O4S2/c1-34(30,31)28(23-10-5-6-11-24(23)33-22-8-3-2-4-9-22)18-7-12-25(29)27-17-19-32-21-15-13-20(26)14-16-21/h2-6,8-11,13-16H,7,12,17-19H2,1H3,(H,27,29). The van der Waals surface area contributed by atoms with E-state index in [0.29, 0.717) is 36.0 Å². The lowest BCUT2D eigenvalue weighted by atomic mass is 10.2. The molecule has 0 aliphatic rings. The van der Waals surface area contributed by atoms with Crippen LogP contribution in [0.15, 0.2) is 88.7 Å². The van der Waals surface area contributed by atoms with Crippen LogP contribution in [0.4, 0.5) is 5.69 Å². The monoisotopic (exact) mass is 518 g/mol. The lowest BCUT2D eigenvalue weighted by molar-refractivity contribution is -0.121. The topological polar surface area (TPSA) is 75.7 Å². The van der Waals surface area contributed by atoms with Gasteiger partial charge in [0, 0.05) is 27.8 Å². The number of rotatable bonds is 12. The number of nitrogens with zero attached hydrogens (tertiary/aromatic N) is 1. The number of nitrogens with one attached hydrogen (secondary N) is 1. The van der Waals surface area contributed by atoms with Crippen molar-refractivity contribution in [1.29, 1.82) is 0 Å². The van der Waals surface area contributed by atoms with Crippen molar-refractivity contribution >= 4 is 45.0 Å². The van der Waals surface area contributed by atoms with Crippen LogP contribution >= 0.6 is 23.4 Å². The SMILES string of the molecule is CS(=O)(=O)N(CCCC(=O)NCCOc1ccc(Cl)cc1)c1ccccc1Sc1ccccc1. The first-order chi connectivity index (χ1) is 16.3. The number of halogens is 1. The largest absolute Gasteiger partial charge is 0.492 e. The van der Waals surface area contributed by atoms with Crippen LogP contribution in [0.3, 0.4) is 0 Å². The van der Waals surface area contributed by atoms with Crippen molar-refractivity contribution in [2.24, 2.45) is 0 Å². The molecule has 1 N–H and O–H groups in total. The minimum Gasteiger partial charge on any atom is -0.492 e. The van der Waals surface area contributed by atoms with E-state index in [1.807, 2.05) is 48.5 Å². The van der Waals surface area contributed by atoms with Crippen LogP contribution in [0.5, 0.6) is 5.75 Å². The number of hydrogen-bond donors (Lipinski definition) is 1. The predicted molar refractivity (Wildman–Crippen MR) is 138 cm³/mol. The number of anilines is 1. The lowest BCUT2D eigenvalue weighted by Crippen LogP contribution is -2.33. The molecule has 3 aromatic carbocycles. The molecule has 0 saturated carbocycles. The van der Waals surface area contributed by atoms with Crippen molar-refractivity contribution in [3.63, 3.8) is 0 Å². The molecule has 0 atom stereocenters. The first-order valence-electron chi connectivity index (χ1n) is 10.8. The number of ether oxygens (including phenoxy) is 1. The summed E-state index contributed by atoms with van der Waals surface area (Å²) in [5.41, 5.74) is 0.607. The number of carbonyl (C=O) groups excluding carboxylic acids is 1. The molecule has 0 spiro atoms. The minimum atomic E-state index is -3.53. The van der Waals surface area contributed by atoms with E-state index in [2.05, 4.69) is 5.32 Å². The fraction of sp³-hybridized carbons (Fsp3) is 0.240. The van der Waals surface area contributed by atoms with Gasteiger partial charge in [0.1, 0.15) is 12.4 Å². The zero-order valence-corrected chi connectivity index (χ0v) is 21.2. The fourth-order valence-corrected chi connectivity index (χ4v) is 5.33. The molecule has 0 bridgehead atoms. The first kappa shape index (κ1) is 25.9. The molecule has 9 heteroatoms. The third kappa shape index (κ3) is 8.27. The van der Waals surface area contributed by atoms with Crippen molar-refractivity contribution in [3.8, 4) is 5.75 Å². The summed E-state index contributed by atoms with van der Waals surface area (Å²) in [6.45, 7) is 0.889. The zero-order valence-electron chi connectivity index (χ0n) is 18.8. The summed E-state index contributed by atoms with van der Waals surface area (Å²) >= 11 is 7.35. The van der Waals surface area contributed by atoms with E-state index in [-0.39, 0.29) is 18.9 Å². The summed E-state index contributed by atoms with van der Waals surface area (Å²) in [5, 5.41) is 3.43. The Morgan fingerprint density at radius 2 is 1.68 bits per heavy atom. The van der Waals surface area contributed by atoms with Crippen LogP contribution in [0.2, 0.25) is 5.02 Å².